The smallest absolute Gasteiger partial charge is 0.109 e. The lowest BCUT2D eigenvalue weighted by Crippen LogP contribution is -2.27. The molecule has 0 radical (unpaired) electrons. The number of aliphatic hydroxyl groups excluding tert-OH is 1. The van der Waals surface area contributed by atoms with Crippen LogP contribution in [0.1, 0.15) is 25.6 Å². The van der Waals surface area contributed by atoms with E-state index in [4.69, 9.17) is 0 Å². The van der Waals surface area contributed by atoms with Crippen LogP contribution in [0.15, 0.2) is 10.9 Å². The van der Waals surface area contributed by atoms with Crippen molar-refractivity contribution in [2.45, 2.75) is 26.0 Å². The standard InChI is InChI=1S/C8H14N2OS/c1-6(2)9-3-8(11)7-4-12-5-10-7/h4-6,8-9,11H,3H2,1-2H3. The molecule has 1 rings (SSSR count). The van der Waals surface area contributed by atoms with E-state index in [1.807, 2.05) is 19.2 Å². The van der Waals surface area contributed by atoms with Gasteiger partial charge in [-0.1, -0.05) is 13.8 Å². The van der Waals surface area contributed by atoms with Gasteiger partial charge in [0, 0.05) is 18.0 Å². The minimum atomic E-state index is -0.473. The Morgan fingerprint density at radius 3 is 2.92 bits per heavy atom. The molecule has 0 aliphatic carbocycles. The highest BCUT2D eigenvalue weighted by atomic mass is 32.1. The Labute approximate surface area is 76.5 Å². The number of nitrogens with one attached hydrogen (secondary N) is 1. The largest absolute Gasteiger partial charge is 0.385 e. The SMILES string of the molecule is CC(C)NCC(O)c1cscn1. The summed E-state index contributed by atoms with van der Waals surface area (Å²) in [4.78, 5) is 4.02. The van der Waals surface area contributed by atoms with E-state index in [-0.39, 0.29) is 0 Å². The molecule has 1 atom stereocenters. The normalized spacial score (nSPS) is 13.7. The van der Waals surface area contributed by atoms with Crippen molar-refractivity contribution in [1.82, 2.24) is 10.3 Å². The Bertz CT molecular complexity index is 211. The van der Waals surface area contributed by atoms with Gasteiger partial charge in [0.1, 0.15) is 6.10 Å². The summed E-state index contributed by atoms with van der Waals surface area (Å²) in [6.45, 7) is 4.67. The molecule has 68 valence electrons. The Balaban J connectivity index is 2.34. The third-order valence-electron chi connectivity index (χ3n) is 1.51. The van der Waals surface area contributed by atoms with E-state index in [2.05, 4.69) is 10.3 Å². The molecule has 1 heterocycles. The average Bonchev–Trinajstić information content (AvgIpc) is 2.51. The minimum Gasteiger partial charge on any atom is -0.385 e. The number of hydrogen-bond acceptors (Lipinski definition) is 4. The van der Waals surface area contributed by atoms with Crippen LogP contribution in [0, 0.1) is 0 Å². The van der Waals surface area contributed by atoms with Gasteiger partial charge >= 0.3 is 0 Å². The molecule has 0 fully saturated rings. The summed E-state index contributed by atoms with van der Waals surface area (Å²) < 4.78 is 0. The third kappa shape index (κ3) is 2.89. The first-order valence-corrected chi connectivity index (χ1v) is 4.94. The number of aliphatic hydroxyl groups is 1. The lowest BCUT2D eigenvalue weighted by molar-refractivity contribution is 0.167. The second-order valence-corrected chi connectivity index (χ2v) is 3.71. The first kappa shape index (κ1) is 9.64. The van der Waals surface area contributed by atoms with Gasteiger partial charge in [-0.3, -0.25) is 0 Å². The lowest BCUT2D eigenvalue weighted by atomic mass is 10.2. The van der Waals surface area contributed by atoms with Crippen LogP contribution in [-0.2, 0) is 0 Å². The predicted octanol–water partition coefficient (Wildman–Crippen LogP) is 1.17. The Hall–Kier alpha value is -0.450. The zero-order chi connectivity index (χ0) is 8.97. The second kappa shape index (κ2) is 4.54. The quantitative estimate of drug-likeness (QED) is 0.742. The molecule has 0 saturated carbocycles. The molecular weight excluding hydrogens is 172 g/mol. The number of hydrogen-bond donors (Lipinski definition) is 2. The average molecular weight is 186 g/mol. The topological polar surface area (TPSA) is 45.1 Å². The van der Waals surface area contributed by atoms with Gasteiger partial charge in [-0.05, 0) is 0 Å². The minimum absolute atomic E-state index is 0.401. The van der Waals surface area contributed by atoms with E-state index in [0.29, 0.717) is 12.6 Å². The molecule has 1 aromatic heterocycles. The van der Waals surface area contributed by atoms with Crippen LogP contribution >= 0.6 is 11.3 Å². The van der Waals surface area contributed by atoms with Crippen LogP contribution in [0.3, 0.4) is 0 Å². The van der Waals surface area contributed by atoms with Crippen LogP contribution in [0.4, 0.5) is 0 Å². The second-order valence-electron chi connectivity index (χ2n) is 2.99. The first-order valence-electron chi connectivity index (χ1n) is 3.99. The van der Waals surface area contributed by atoms with Crippen molar-refractivity contribution >= 4 is 11.3 Å². The zero-order valence-electron chi connectivity index (χ0n) is 7.32. The van der Waals surface area contributed by atoms with E-state index < -0.39 is 6.10 Å². The summed E-state index contributed by atoms with van der Waals surface area (Å²) in [5, 5.41) is 14.6. The highest BCUT2D eigenvalue weighted by molar-refractivity contribution is 7.07. The molecule has 12 heavy (non-hydrogen) atoms. The molecular formula is C8H14N2OS. The molecule has 2 N–H and O–H groups in total. The molecule has 0 aromatic carbocycles. The molecule has 0 spiro atoms. The van der Waals surface area contributed by atoms with Crippen molar-refractivity contribution < 1.29 is 5.11 Å². The van der Waals surface area contributed by atoms with E-state index in [9.17, 15) is 5.11 Å². The Morgan fingerprint density at radius 2 is 2.42 bits per heavy atom. The maximum absolute atomic E-state index is 9.54. The number of aromatic nitrogens is 1. The van der Waals surface area contributed by atoms with Crippen LogP contribution in [0.5, 0.6) is 0 Å². The summed E-state index contributed by atoms with van der Waals surface area (Å²) in [6, 6.07) is 0.401. The van der Waals surface area contributed by atoms with E-state index in [1.165, 1.54) is 11.3 Å². The van der Waals surface area contributed by atoms with Crippen LogP contribution in [0.25, 0.3) is 0 Å². The predicted molar refractivity (Wildman–Crippen MR) is 50.2 cm³/mol. The Morgan fingerprint density at radius 1 is 1.67 bits per heavy atom. The van der Waals surface area contributed by atoms with Gasteiger partial charge < -0.3 is 10.4 Å². The molecule has 1 aromatic rings. The van der Waals surface area contributed by atoms with Crippen molar-refractivity contribution in [3.05, 3.63) is 16.6 Å². The number of rotatable bonds is 4. The van der Waals surface area contributed by atoms with Gasteiger partial charge in [-0.25, -0.2) is 4.98 Å². The van der Waals surface area contributed by atoms with Crippen molar-refractivity contribution in [3.8, 4) is 0 Å². The van der Waals surface area contributed by atoms with Gasteiger partial charge in [0.05, 0.1) is 11.2 Å². The zero-order valence-corrected chi connectivity index (χ0v) is 8.14. The van der Waals surface area contributed by atoms with Gasteiger partial charge in [-0.15, -0.1) is 11.3 Å². The highest BCUT2D eigenvalue weighted by Gasteiger charge is 2.08. The van der Waals surface area contributed by atoms with E-state index in [0.717, 1.165) is 5.69 Å². The van der Waals surface area contributed by atoms with Gasteiger partial charge in [0.25, 0.3) is 0 Å². The van der Waals surface area contributed by atoms with Crippen molar-refractivity contribution in [3.63, 3.8) is 0 Å². The molecule has 1 unspecified atom stereocenters. The summed E-state index contributed by atoms with van der Waals surface area (Å²) in [6.07, 6.45) is -0.473. The first-order chi connectivity index (χ1) is 5.70. The fourth-order valence-electron chi connectivity index (χ4n) is 0.838. The molecule has 0 aliphatic rings. The summed E-state index contributed by atoms with van der Waals surface area (Å²) in [7, 11) is 0. The van der Waals surface area contributed by atoms with Crippen molar-refractivity contribution in [2.24, 2.45) is 0 Å². The molecule has 0 aliphatic heterocycles. The number of thiazole rings is 1. The summed E-state index contributed by atoms with van der Waals surface area (Å²) in [5.41, 5.74) is 2.49. The summed E-state index contributed by atoms with van der Waals surface area (Å²) >= 11 is 1.50. The molecule has 0 amide bonds. The van der Waals surface area contributed by atoms with Crippen LogP contribution < -0.4 is 5.32 Å². The Kier molecular flexibility index (Phi) is 3.65. The van der Waals surface area contributed by atoms with Gasteiger partial charge in [0.2, 0.25) is 0 Å². The fourth-order valence-corrected chi connectivity index (χ4v) is 1.44. The summed E-state index contributed by atoms with van der Waals surface area (Å²) in [5.74, 6) is 0. The maximum Gasteiger partial charge on any atom is 0.109 e. The lowest BCUT2D eigenvalue weighted by Gasteiger charge is -2.11. The van der Waals surface area contributed by atoms with Gasteiger partial charge in [-0.2, -0.15) is 0 Å². The van der Waals surface area contributed by atoms with Crippen molar-refractivity contribution in [2.75, 3.05) is 6.54 Å². The fraction of sp³-hybridized carbons (Fsp3) is 0.625. The van der Waals surface area contributed by atoms with Crippen molar-refractivity contribution in [1.29, 1.82) is 0 Å². The maximum atomic E-state index is 9.54. The molecule has 0 bridgehead atoms. The number of nitrogens with zero attached hydrogens (tertiary/aromatic N) is 1. The van der Waals surface area contributed by atoms with E-state index in [1.54, 1.807) is 5.51 Å². The third-order valence-corrected chi connectivity index (χ3v) is 2.12. The molecule has 3 nitrogen and oxygen atoms in total. The van der Waals surface area contributed by atoms with E-state index >= 15 is 0 Å². The molecule has 0 saturated heterocycles. The monoisotopic (exact) mass is 186 g/mol. The highest BCUT2D eigenvalue weighted by Crippen LogP contribution is 2.11. The van der Waals surface area contributed by atoms with Crippen LogP contribution in [-0.4, -0.2) is 22.7 Å². The molecule has 4 heteroatoms. The van der Waals surface area contributed by atoms with Crippen LogP contribution in [0.2, 0.25) is 0 Å². The van der Waals surface area contributed by atoms with Gasteiger partial charge in [0.15, 0.2) is 0 Å².